The topological polar surface area (TPSA) is 70.6 Å². The molecule has 2 aromatic rings. The minimum Gasteiger partial charge on any atom is -0.357 e. The van der Waals surface area contributed by atoms with Gasteiger partial charge in [-0.2, -0.15) is 0 Å². The molecule has 0 radical (unpaired) electrons. The number of hydrogen-bond donors (Lipinski definition) is 2. The normalized spacial score (nSPS) is 12.7. The first-order valence-electron chi connectivity index (χ1n) is 11.0. The molecule has 0 fully saturated rings. The number of hydrogen-bond acceptors (Lipinski definition) is 3. The highest BCUT2D eigenvalue weighted by Gasteiger charge is 2.20. The largest absolute Gasteiger partial charge is 0.357 e. The Morgan fingerprint density at radius 3 is 2.00 bits per heavy atom. The van der Waals surface area contributed by atoms with Crippen LogP contribution in [0.2, 0.25) is 0 Å². The molecule has 170 valence electrons. The first-order valence-corrected chi connectivity index (χ1v) is 13.1. The van der Waals surface area contributed by atoms with Gasteiger partial charge in [-0.1, -0.05) is 74.5 Å². The molecule has 0 unspecified atom stereocenters. The lowest BCUT2D eigenvalue weighted by atomic mass is 9.88. The van der Waals surface area contributed by atoms with Crippen molar-refractivity contribution in [1.29, 1.82) is 0 Å². The molecular formula is C25H37N3O2S. The third-order valence-electron chi connectivity index (χ3n) is 5.29. The predicted octanol–water partition coefficient (Wildman–Crippen LogP) is 4.22. The Balaban J connectivity index is 2.01. The Morgan fingerprint density at radius 2 is 1.52 bits per heavy atom. The van der Waals surface area contributed by atoms with Crippen molar-refractivity contribution in [2.24, 2.45) is 10.4 Å². The van der Waals surface area contributed by atoms with Gasteiger partial charge in [0.25, 0.3) is 0 Å². The molecule has 31 heavy (non-hydrogen) atoms. The summed E-state index contributed by atoms with van der Waals surface area (Å²) in [7, 11) is -2.96. The van der Waals surface area contributed by atoms with Crippen molar-refractivity contribution in [2.45, 2.75) is 39.5 Å². The Kier molecular flexibility index (Phi) is 9.56. The second kappa shape index (κ2) is 11.9. The van der Waals surface area contributed by atoms with E-state index in [1.54, 1.807) is 0 Å². The average Bonchev–Trinajstić information content (AvgIpc) is 2.74. The van der Waals surface area contributed by atoms with Crippen LogP contribution < -0.4 is 10.6 Å². The van der Waals surface area contributed by atoms with E-state index in [1.807, 2.05) is 19.1 Å². The van der Waals surface area contributed by atoms with Gasteiger partial charge in [0, 0.05) is 31.8 Å². The maximum Gasteiger partial charge on any atom is 0.191 e. The highest BCUT2D eigenvalue weighted by molar-refractivity contribution is 7.90. The summed E-state index contributed by atoms with van der Waals surface area (Å²) in [5, 5.41) is 6.76. The molecule has 0 bridgehead atoms. The Bertz CT molecular complexity index is 871. The number of guanidine groups is 1. The molecule has 0 saturated heterocycles. The average molecular weight is 444 g/mol. The molecule has 0 aromatic heterocycles. The lowest BCUT2D eigenvalue weighted by Gasteiger charge is -2.23. The molecule has 0 saturated carbocycles. The molecule has 2 aromatic carbocycles. The van der Waals surface area contributed by atoms with Gasteiger partial charge in [0.15, 0.2) is 5.96 Å². The van der Waals surface area contributed by atoms with Gasteiger partial charge >= 0.3 is 0 Å². The van der Waals surface area contributed by atoms with Gasteiger partial charge in [0.2, 0.25) is 0 Å². The molecule has 2 rings (SSSR count). The molecule has 5 nitrogen and oxygen atoms in total. The van der Waals surface area contributed by atoms with Crippen LogP contribution in [-0.4, -0.2) is 46.0 Å². The van der Waals surface area contributed by atoms with Crippen LogP contribution in [0.4, 0.5) is 0 Å². The minimum atomic E-state index is -2.96. The van der Waals surface area contributed by atoms with E-state index in [1.165, 1.54) is 17.4 Å². The number of nitrogens with zero attached hydrogens (tertiary/aromatic N) is 1. The maximum absolute atomic E-state index is 11.5. The van der Waals surface area contributed by atoms with E-state index in [4.69, 9.17) is 4.99 Å². The van der Waals surface area contributed by atoms with E-state index in [2.05, 4.69) is 73.0 Å². The van der Waals surface area contributed by atoms with Crippen LogP contribution in [0.25, 0.3) is 0 Å². The summed E-state index contributed by atoms with van der Waals surface area (Å²) >= 11 is 0. The molecule has 2 N–H and O–H groups in total. The third-order valence-corrected chi connectivity index (χ3v) is 6.23. The highest BCUT2D eigenvalue weighted by Crippen LogP contribution is 2.27. The van der Waals surface area contributed by atoms with E-state index in [0.29, 0.717) is 18.9 Å². The van der Waals surface area contributed by atoms with Crippen LogP contribution in [0.1, 0.15) is 50.7 Å². The van der Waals surface area contributed by atoms with E-state index < -0.39 is 9.84 Å². The quantitative estimate of drug-likeness (QED) is 0.403. The van der Waals surface area contributed by atoms with Gasteiger partial charge in [-0.25, -0.2) is 8.42 Å². The van der Waals surface area contributed by atoms with Crippen molar-refractivity contribution in [3.8, 4) is 0 Å². The Morgan fingerprint density at radius 1 is 0.968 bits per heavy atom. The zero-order valence-electron chi connectivity index (χ0n) is 19.3. The van der Waals surface area contributed by atoms with Crippen LogP contribution in [0.15, 0.2) is 65.7 Å². The Labute approximate surface area is 188 Å². The fraction of sp³-hybridized carbons (Fsp3) is 0.480. The fourth-order valence-electron chi connectivity index (χ4n) is 3.41. The zero-order valence-corrected chi connectivity index (χ0v) is 20.1. The molecule has 0 heterocycles. The van der Waals surface area contributed by atoms with Crippen LogP contribution in [0, 0.1) is 5.41 Å². The number of benzene rings is 2. The Hall–Kier alpha value is -2.34. The highest BCUT2D eigenvalue weighted by atomic mass is 32.2. The van der Waals surface area contributed by atoms with Gasteiger partial charge < -0.3 is 10.6 Å². The van der Waals surface area contributed by atoms with Gasteiger partial charge in [-0.3, -0.25) is 4.99 Å². The van der Waals surface area contributed by atoms with Gasteiger partial charge in [-0.05, 0) is 36.3 Å². The fourth-order valence-corrected chi connectivity index (χ4v) is 4.33. The van der Waals surface area contributed by atoms with Crippen molar-refractivity contribution in [2.75, 3.05) is 31.6 Å². The van der Waals surface area contributed by atoms with Crippen molar-refractivity contribution >= 4 is 15.8 Å². The minimum absolute atomic E-state index is 0.179. The molecule has 0 atom stereocenters. The van der Waals surface area contributed by atoms with Gasteiger partial charge in [0.05, 0.1) is 5.75 Å². The zero-order chi connectivity index (χ0) is 22.7. The van der Waals surface area contributed by atoms with E-state index in [-0.39, 0.29) is 11.2 Å². The van der Waals surface area contributed by atoms with Crippen LogP contribution >= 0.6 is 0 Å². The summed E-state index contributed by atoms with van der Waals surface area (Å²) in [6.07, 6.45) is 2.82. The predicted molar refractivity (Wildman–Crippen MR) is 131 cm³/mol. The molecule has 0 aliphatic rings. The third kappa shape index (κ3) is 9.55. The lowest BCUT2D eigenvalue weighted by Crippen LogP contribution is -2.39. The first kappa shape index (κ1) is 24.9. The number of sulfone groups is 1. The van der Waals surface area contributed by atoms with Gasteiger partial charge in [0.1, 0.15) is 9.84 Å². The second-order valence-corrected chi connectivity index (χ2v) is 11.1. The second-order valence-electron chi connectivity index (χ2n) is 8.83. The smallest absolute Gasteiger partial charge is 0.191 e. The monoisotopic (exact) mass is 443 g/mol. The SMILES string of the molecule is CCNC(=NCC(C)(C)CCS(C)(=O)=O)NCCC(c1ccccc1)c1ccccc1. The molecule has 0 aliphatic carbocycles. The van der Waals surface area contributed by atoms with Gasteiger partial charge in [-0.15, -0.1) is 0 Å². The summed E-state index contributed by atoms with van der Waals surface area (Å²) in [6.45, 7) is 8.29. The summed E-state index contributed by atoms with van der Waals surface area (Å²) in [4.78, 5) is 4.73. The first-order chi connectivity index (χ1) is 14.7. The van der Waals surface area contributed by atoms with Crippen molar-refractivity contribution in [3.63, 3.8) is 0 Å². The van der Waals surface area contributed by atoms with Crippen molar-refractivity contribution in [3.05, 3.63) is 71.8 Å². The summed E-state index contributed by atoms with van der Waals surface area (Å²) in [5.74, 6) is 1.27. The number of aliphatic imine (C=N–C) groups is 1. The van der Waals surface area contributed by atoms with E-state index >= 15 is 0 Å². The maximum atomic E-state index is 11.5. The van der Waals surface area contributed by atoms with Crippen molar-refractivity contribution < 1.29 is 8.42 Å². The van der Waals surface area contributed by atoms with Crippen LogP contribution in [-0.2, 0) is 9.84 Å². The van der Waals surface area contributed by atoms with E-state index in [0.717, 1.165) is 25.5 Å². The lowest BCUT2D eigenvalue weighted by molar-refractivity contribution is 0.365. The standard InChI is InChI=1S/C25H37N3O2S/c1-5-26-24(28-20-25(2,3)17-19-31(4,29)30)27-18-16-23(21-12-8-6-9-13-21)22-14-10-7-11-15-22/h6-15,23H,5,16-20H2,1-4H3,(H2,26,27,28). The molecule has 6 heteroatoms. The van der Waals surface area contributed by atoms with Crippen LogP contribution in [0.5, 0.6) is 0 Å². The molecular weight excluding hydrogens is 406 g/mol. The summed E-state index contributed by atoms with van der Waals surface area (Å²) < 4.78 is 23.0. The van der Waals surface area contributed by atoms with E-state index in [9.17, 15) is 8.42 Å². The molecule has 0 spiro atoms. The molecule has 0 amide bonds. The van der Waals surface area contributed by atoms with Crippen LogP contribution in [0.3, 0.4) is 0 Å². The number of nitrogens with one attached hydrogen (secondary N) is 2. The summed E-state index contributed by atoms with van der Waals surface area (Å²) in [6, 6.07) is 21.2. The summed E-state index contributed by atoms with van der Waals surface area (Å²) in [5.41, 5.74) is 2.43. The van der Waals surface area contributed by atoms with Crippen molar-refractivity contribution in [1.82, 2.24) is 10.6 Å². The molecule has 0 aliphatic heterocycles. The number of rotatable bonds is 11.